The number of rotatable bonds is 7. The van der Waals surface area contributed by atoms with Gasteiger partial charge >= 0.3 is 5.97 Å². The first-order valence-corrected chi connectivity index (χ1v) is 8.32. The summed E-state index contributed by atoms with van der Waals surface area (Å²) in [4.78, 5) is 25.5. The second-order valence-electron chi connectivity index (χ2n) is 6.32. The number of carbonyl (C=O) groups is 2. The van der Waals surface area contributed by atoms with E-state index < -0.39 is 12.0 Å². The van der Waals surface area contributed by atoms with Gasteiger partial charge in [-0.25, -0.2) is 4.79 Å². The van der Waals surface area contributed by atoms with E-state index in [-0.39, 0.29) is 12.3 Å². The Hall–Kier alpha value is -2.63. The Bertz CT molecular complexity index is 753. The van der Waals surface area contributed by atoms with Crippen LogP contribution < -0.4 is 0 Å². The molecule has 2 rings (SSSR count). The molecular formula is C19H25N3O3. The van der Waals surface area contributed by atoms with Crippen LogP contribution in [0.15, 0.2) is 30.3 Å². The van der Waals surface area contributed by atoms with E-state index in [0.717, 1.165) is 22.5 Å². The van der Waals surface area contributed by atoms with E-state index in [2.05, 4.69) is 5.10 Å². The molecule has 0 saturated carbocycles. The summed E-state index contributed by atoms with van der Waals surface area (Å²) < 4.78 is 1.80. The first-order chi connectivity index (χ1) is 11.8. The maximum atomic E-state index is 12.5. The van der Waals surface area contributed by atoms with Gasteiger partial charge in [-0.15, -0.1) is 0 Å². The minimum absolute atomic E-state index is 0.175. The summed E-state index contributed by atoms with van der Waals surface area (Å²) in [5, 5.41) is 13.9. The van der Waals surface area contributed by atoms with Crippen LogP contribution >= 0.6 is 0 Å². The van der Waals surface area contributed by atoms with Crippen LogP contribution in [0.1, 0.15) is 28.9 Å². The van der Waals surface area contributed by atoms with Crippen LogP contribution in [-0.2, 0) is 29.5 Å². The van der Waals surface area contributed by atoms with Crippen LogP contribution in [0.3, 0.4) is 0 Å². The summed E-state index contributed by atoms with van der Waals surface area (Å²) in [5.41, 5.74) is 3.90. The predicted octanol–water partition coefficient (Wildman–Crippen LogP) is 2.12. The zero-order valence-electron chi connectivity index (χ0n) is 15.2. The number of hydrogen-bond acceptors (Lipinski definition) is 3. The molecule has 6 heteroatoms. The largest absolute Gasteiger partial charge is 0.480 e. The van der Waals surface area contributed by atoms with Gasteiger partial charge < -0.3 is 10.0 Å². The van der Waals surface area contributed by atoms with Gasteiger partial charge in [-0.05, 0) is 31.4 Å². The molecule has 0 bridgehead atoms. The molecular weight excluding hydrogens is 318 g/mol. The van der Waals surface area contributed by atoms with Gasteiger partial charge in [-0.3, -0.25) is 9.48 Å². The fourth-order valence-corrected chi connectivity index (χ4v) is 2.99. The van der Waals surface area contributed by atoms with Crippen molar-refractivity contribution in [3.05, 3.63) is 52.8 Å². The number of carbonyl (C=O) groups excluding carboxylic acids is 1. The molecule has 0 aliphatic carbocycles. The summed E-state index contributed by atoms with van der Waals surface area (Å²) >= 11 is 0. The molecule has 0 aliphatic heterocycles. The van der Waals surface area contributed by atoms with Crippen molar-refractivity contribution in [3.8, 4) is 0 Å². The van der Waals surface area contributed by atoms with Crippen LogP contribution in [0.5, 0.6) is 0 Å². The standard InChI is InChI=1S/C19H25N3O3/c1-13-16(14(2)22(4)20-13)10-11-18(23)21(3)17(19(24)25)12-15-8-6-5-7-9-15/h5-9,17H,10-12H2,1-4H3,(H,24,25). The smallest absolute Gasteiger partial charge is 0.326 e. The first-order valence-electron chi connectivity index (χ1n) is 8.32. The lowest BCUT2D eigenvalue weighted by Gasteiger charge is -2.25. The number of amides is 1. The predicted molar refractivity (Wildman–Crippen MR) is 95.3 cm³/mol. The molecule has 1 heterocycles. The zero-order valence-corrected chi connectivity index (χ0v) is 15.2. The molecule has 6 nitrogen and oxygen atoms in total. The maximum absolute atomic E-state index is 12.5. The fraction of sp³-hybridized carbons (Fsp3) is 0.421. The van der Waals surface area contributed by atoms with E-state index in [1.807, 2.05) is 51.2 Å². The molecule has 134 valence electrons. The number of benzene rings is 1. The number of hydrogen-bond donors (Lipinski definition) is 1. The second kappa shape index (κ2) is 7.96. The monoisotopic (exact) mass is 343 g/mol. The van der Waals surface area contributed by atoms with Crippen molar-refractivity contribution in [2.75, 3.05) is 7.05 Å². The van der Waals surface area contributed by atoms with Crippen LogP contribution in [0.25, 0.3) is 0 Å². The van der Waals surface area contributed by atoms with Gasteiger partial charge in [0.15, 0.2) is 0 Å². The van der Waals surface area contributed by atoms with Gasteiger partial charge in [0, 0.05) is 32.6 Å². The minimum Gasteiger partial charge on any atom is -0.480 e. The molecule has 0 spiro atoms. The Balaban J connectivity index is 2.04. The van der Waals surface area contributed by atoms with Crippen LogP contribution in [0.4, 0.5) is 0 Å². The summed E-state index contributed by atoms with van der Waals surface area (Å²) in [5.74, 6) is -1.17. The van der Waals surface area contributed by atoms with E-state index in [9.17, 15) is 14.7 Å². The molecule has 0 fully saturated rings. The average Bonchev–Trinajstić information content (AvgIpc) is 2.83. The second-order valence-corrected chi connectivity index (χ2v) is 6.32. The topological polar surface area (TPSA) is 75.4 Å². The lowest BCUT2D eigenvalue weighted by molar-refractivity contribution is -0.149. The number of aromatic nitrogens is 2. The average molecular weight is 343 g/mol. The third-order valence-electron chi connectivity index (χ3n) is 4.67. The van der Waals surface area contributed by atoms with E-state index in [1.54, 1.807) is 11.7 Å². The molecule has 0 saturated heterocycles. The van der Waals surface area contributed by atoms with Crippen LogP contribution in [0.2, 0.25) is 0 Å². The highest BCUT2D eigenvalue weighted by atomic mass is 16.4. The van der Waals surface area contributed by atoms with Gasteiger partial charge in [0.2, 0.25) is 5.91 Å². The van der Waals surface area contributed by atoms with Gasteiger partial charge in [0.25, 0.3) is 0 Å². The van der Waals surface area contributed by atoms with E-state index in [4.69, 9.17) is 0 Å². The normalized spacial score (nSPS) is 12.0. The molecule has 1 amide bonds. The van der Waals surface area contributed by atoms with Crippen molar-refractivity contribution in [1.82, 2.24) is 14.7 Å². The van der Waals surface area contributed by atoms with Crippen molar-refractivity contribution in [2.45, 2.75) is 39.2 Å². The Kier molecular flexibility index (Phi) is 5.96. The molecule has 1 atom stereocenters. The molecule has 1 N–H and O–H groups in total. The maximum Gasteiger partial charge on any atom is 0.326 e. The SMILES string of the molecule is Cc1nn(C)c(C)c1CCC(=O)N(C)C(Cc1ccccc1)C(=O)O. The van der Waals surface area contributed by atoms with E-state index in [1.165, 1.54) is 4.90 Å². The highest BCUT2D eigenvalue weighted by Gasteiger charge is 2.26. The highest BCUT2D eigenvalue weighted by molar-refractivity contribution is 5.83. The van der Waals surface area contributed by atoms with Crippen molar-refractivity contribution in [1.29, 1.82) is 0 Å². The molecule has 1 aromatic heterocycles. The number of carboxylic acids is 1. The Labute approximate surface area is 148 Å². The number of aryl methyl sites for hydroxylation is 2. The van der Waals surface area contributed by atoms with Crippen molar-refractivity contribution < 1.29 is 14.7 Å². The fourth-order valence-electron chi connectivity index (χ4n) is 2.99. The Morgan fingerprint density at radius 3 is 2.40 bits per heavy atom. The van der Waals surface area contributed by atoms with Gasteiger partial charge in [0.05, 0.1) is 5.69 Å². The summed E-state index contributed by atoms with van der Waals surface area (Å²) in [7, 11) is 3.44. The lowest BCUT2D eigenvalue weighted by atomic mass is 10.0. The van der Waals surface area contributed by atoms with Crippen LogP contribution in [0, 0.1) is 13.8 Å². The molecule has 0 aliphatic rings. The highest BCUT2D eigenvalue weighted by Crippen LogP contribution is 2.16. The van der Waals surface area contributed by atoms with Crippen molar-refractivity contribution >= 4 is 11.9 Å². The van der Waals surface area contributed by atoms with Gasteiger partial charge in [0.1, 0.15) is 6.04 Å². The summed E-state index contributed by atoms with van der Waals surface area (Å²) in [6, 6.07) is 8.49. The van der Waals surface area contributed by atoms with Crippen LogP contribution in [-0.4, -0.2) is 44.8 Å². The Morgan fingerprint density at radius 1 is 1.24 bits per heavy atom. The third-order valence-corrected chi connectivity index (χ3v) is 4.67. The summed E-state index contributed by atoms with van der Waals surface area (Å²) in [6.07, 6.45) is 1.12. The first kappa shape index (κ1) is 18.7. The molecule has 25 heavy (non-hydrogen) atoms. The Morgan fingerprint density at radius 2 is 1.88 bits per heavy atom. The molecule has 1 unspecified atom stereocenters. The molecule has 2 aromatic rings. The lowest BCUT2D eigenvalue weighted by Crippen LogP contribution is -2.44. The quantitative estimate of drug-likeness (QED) is 0.835. The number of likely N-dealkylation sites (N-methyl/N-ethyl adjacent to an activating group) is 1. The van der Waals surface area contributed by atoms with E-state index >= 15 is 0 Å². The number of nitrogens with zero attached hydrogens (tertiary/aromatic N) is 3. The number of aliphatic carboxylic acids is 1. The number of carboxylic acid groups (broad SMARTS) is 1. The molecule has 1 aromatic carbocycles. The van der Waals surface area contributed by atoms with Gasteiger partial charge in [-0.1, -0.05) is 30.3 Å². The minimum atomic E-state index is -0.992. The third kappa shape index (κ3) is 4.47. The van der Waals surface area contributed by atoms with Crippen molar-refractivity contribution in [2.24, 2.45) is 7.05 Å². The molecule has 0 radical (unpaired) electrons. The van der Waals surface area contributed by atoms with E-state index in [0.29, 0.717) is 12.8 Å². The zero-order chi connectivity index (χ0) is 18.6. The summed E-state index contributed by atoms with van der Waals surface area (Å²) in [6.45, 7) is 3.89. The van der Waals surface area contributed by atoms with Gasteiger partial charge in [-0.2, -0.15) is 5.10 Å². The van der Waals surface area contributed by atoms with Crippen molar-refractivity contribution in [3.63, 3.8) is 0 Å².